The molecular formula is H5Nb3O10. The van der Waals surface area contributed by atoms with Crippen molar-refractivity contribution in [1.29, 1.82) is 0 Å². The Hall–Kier alpha value is 1.82. The summed E-state index contributed by atoms with van der Waals surface area (Å²) >= 11 is 0. The van der Waals surface area contributed by atoms with Crippen molar-refractivity contribution in [2.45, 2.75) is 0 Å². The SMILES string of the molecule is [Nb+5].[Nb+5].[Nb+5].[O-2].[O-2].[O-2].[O-2].[O-2].[OH-].[OH-].[OH-].[OH-].[OH-]. The van der Waals surface area contributed by atoms with Gasteiger partial charge in [-0.15, -0.1) is 0 Å². The summed E-state index contributed by atoms with van der Waals surface area (Å²) in [5.41, 5.74) is 0. The van der Waals surface area contributed by atoms with Crippen molar-refractivity contribution in [1.82, 2.24) is 0 Å². The summed E-state index contributed by atoms with van der Waals surface area (Å²) in [6, 6.07) is 0. The van der Waals surface area contributed by atoms with Crippen LogP contribution in [0.15, 0.2) is 0 Å². The second-order valence-electron chi connectivity index (χ2n) is 0. The van der Waals surface area contributed by atoms with Crippen molar-refractivity contribution in [3.05, 3.63) is 0 Å². The van der Waals surface area contributed by atoms with Crippen LogP contribution in [-0.4, -0.2) is 27.4 Å². The summed E-state index contributed by atoms with van der Waals surface area (Å²) < 4.78 is 0. The van der Waals surface area contributed by atoms with E-state index in [0.29, 0.717) is 0 Å². The summed E-state index contributed by atoms with van der Waals surface area (Å²) in [4.78, 5) is 0. The zero-order chi connectivity index (χ0) is 0. The molecule has 0 radical (unpaired) electrons. The fraction of sp³-hybridized carbons (Fsp3) is 0. The van der Waals surface area contributed by atoms with Crippen LogP contribution in [0.25, 0.3) is 0 Å². The fourth-order valence-electron chi connectivity index (χ4n) is 0. The molecule has 5 N–H and O–H groups in total. The van der Waals surface area contributed by atoms with Gasteiger partial charge in [0.2, 0.25) is 0 Å². The van der Waals surface area contributed by atoms with Crippen LogP contribution in [0.5, 0.6) is 0 Å². The first kappa shape index (κ1) is 854. The van der Waals surface area contributed by atoms with Gasteiger partial charge in [0.1, 0.15) is 0 Å². The van der Waals surface area contributed by atoms with Crippen LogP contribution in [0, 0.1) is 0 Å². The smallest absolute Gasteiger partial charge is 2.00 e. The Labute approximate surface area is 121 Å². The molecule has 0 bridgehead atoms. The van der Waals surface area contributed by atoms with Gasteiger partial charge in [0.05, 0.1) is 0 Å². The van der Waals surface area contributed by atoms with Gasteiger partial charge in [-0.3, -0.25) is 0 Å². The minimum atomic E-state index is 0. The molecule has 0 saturated heterocycles. The van der Waals surface area contributed by atoms with Crippen molar-refractivity contribution < 1.29 is 122 Å². The van der Waals surface area contributed by atoms with Crippen molar-refractivity contribution in [3.63, 3.8) is 0 Å². The van der Waals surface area contributed by atoms with Gasteiger partial charge >= 0.3 is 67.1 Å². The molecule has 0 fully saturated rings. The third kappa shape index (κ3) is 583. The average molecular weight is 444 g/mol. The maximum atomic E-state index is 0. The van der Waals surface area contributed by atoms with Crippen molar-refractivity contribution in [2.24, 2.45) is 0 Å². The van der Waals surface area contributed by atoms with E-state index in [9.17, 15) is 0 Å². The minimum Gasteiger partial charge on any atom is -2.00 e. The average Bonchev–Trinajstić information content (AvgIpc) is 0. The fourth-order valence-corrected chi connectivity index (χ4v) is 0. The Balaban J connectivity index is 0. The van der Waals surface area contributed by atoms with E-state index in [0.717, 1.165) is 0 Å². The molecule has 0 amide bonds. The van der Waals surface area contributed by atoms with Gasteiger partial charge in [0.15, 0.2) is 0 Å². The first-order valence-corrected chi connectivity index (χ1v) is 0. The third-order valence-corrected chi connectivity index (χ3v) is 0. The summed E-state index contributed by atoms with van der Waals surface area (Å²) in [5.74, 6) is 0. The zero-order valence-corrected chi connectivity index (χ0v) is 12.2. The standard InChI is InChI=1S/3Nb.5H2O.5O/h;;;5*1H2;;;;;/q3*+5;;;;;;5*-2/p-5. The maximum absolute atomic E-state index is 0. The molecule has 0 heterocycles. The van der Waals surface area contributed by atoms with E-state index >= 15 is 0 Å². The monoisotopic (exact) mass is 444 g/mol. The molecule has 0 aromatic carbocycles. The summed E-state index contributed by atoms with van der Waals surface area (Å²) in [6.07, 6.45) is 0. The normalized spacial score (nSPS) is 0. The summed E-state index contributed by atoms with van der Waals surface area (Å²) in [5, 5.41) is 0. The molecule has 0 saturated carbocycles. The van der Waals surface area contributed by atoms with Crippen molar-refractivity contribution in [3.8, 4) is 0 Å². The van der Waals surface area contributed by atoms with E-state index < -0.39 is 0 Å². The summed E-state index contributed by atoms with van der Waals surface area (Å²) in [7, 11) is 0. The molecule has 0 rings (SSSR count). The van der Waals surface area contributed by atoms with Gasteiger partial charge in [-0.2, -0.15) is 0 Å². The van der Waals surface area contributed by atoms with E-state index in [1.807, 2.05) is 0 Å². The van der Waals surface area contributed by atoms with Crippen LogP contribution < -0.4 is 0 Å². The van der Waals surface area contributed by atoms with Crippen molar-refractivity contribution in [2.75, 3.05) is 0 Å². The van der Waals surface area contributed by atoms with Gasteiger partial charge in [-0.1, -0.05) is 0 Å². The van der Waals surface area contributed by atoms with Crippen LogP contribution in [-0.2, 0) is 94.5 Å². The number of hydrogen-bond donors (Lipinski definition) is 0. The topological polar surface area (TPSA) is 292 Å². The van der Waals surface area contributed by atoms with Gasteiger partial charge < -0.3 is 54.8 Å². The largest absolute Gasteiger partial charge is 5.00 e. The third-order valence-electron chi connectivity index (χ3n) is 0. The maximum Gasteiger partial charge on any atom is 5.00 e. The van der Waals surface area contributed by atoms with E-state index in [1.165, 1.54) is 0 Å². The minimum absolute atomic E-state index is 0. The predicted molar refractivity (Wildman–Crippen MR) is 13.1 cm³/mol. The van der Waals surface area contributed by atoms with Crippen LogP contribution >= 0.6 is 0 Å². The molecule has 0 aliphatic heterocycles. The van der Waals surface area contributed by atoms with Gasteiger partial charge in [0.25, 0.3) is 0 Å². The van der Waals surface area contributed by atoms with Crippen molar-refractivity contribution >= 4 is 0 Å². The van der Waals surface area contributed by atoms with E-state index in [1.54, 1.807) is 0 Å². The quantitative estimate of drug-likeness (QED) is 0.402. The molecule has 0 aromatic heterocycles. The Morgan fingerprint density at radius 2 is 0.231 bits per heavy atom. The van der Waals surface area contributed by atoms with Crippen LogP contribution in [0.3, 0.4) is 0 Å². The first-order valence-electron chi connectivity index (χ1n) is 0. The van der Waals surface area contributed by atoms with E-state index in [2.05, 4.69) is 0 Å². The van der Waals surface area contributed by atoms with Gasteiger partial charge in [-0.05, 0) is 0 Å². The Morgan fingerprint density at radius 1 is 0.231 bits per heavy atom. The molecule has 13 heteroatoms. The number of hydrogen-bond acceptors (Lipinski definition) is 5. The first-order chi connectivity index (χ1) is 0. The molecule has 13 heavy (non-hydrogen) atoms. The molecule has 0 aliphatic carbocycles. The predicted octanol–water partition coefficient (Wildman–Crippen LogP) is -1.49. The molecule has 0 aliphatic rings. The zero-order valence-electron chi connectivity index (χ0n) is 5.62. The van der Waals surface area contributed by atoms with Crippen LogP contribution in [0.4, 0.5) is 0 Å². The van der Waals surface area contributed by atoms with Gasteiger partial charge in [0, 0.05) is 0 Å². The Kier molecular flexibility index (Phi) is 45000. The van der Waals surface area contributed by atoms with Crippen LogP contribution in [0.1, 0.15) is 0 Å². The molecule has 0 aromatic rings. The molecule has 0 unspecified atom stereocenters. The van der Waals surface area contributed by atoms with E-state index in [4.69, 9.17) is 0 Å². The molecule has 0 atom stereocenters. The Morgan fingerprint density at radius 3 is 0.231 bits per heavy atom. The molecule has 0 spiro atoms. The second-order valence-corrected chi connectivity index (χ2v) is 0. The second kappa shape index (κ2) is 685. The summed E-state index contributed by atoms with van der Waals surface area (Å²) in [6.45, 7) is 0. The number of rotatable bonds is 0. The van der Waals surface area contributed by atoms with Crippen LogP contribution in [0.2, 0.25) is 0 Å². The Bertz CT molecular complexity index is 10.1. The molecular weight excluding hydrogens is 439 g/mol. The van der Waals surface area contributed by atoms with E-state index in [-0.39, 0.29) is 122 Å². The molecule has 80 valence electrons. The van der Waals surface area contributed by atoms with Gasteiger partial charge in [-0.25, -0.2) is 0 Å². The molecule has 10 nitrogen and oxygen atoms in total.